The molecule has 1 aromatic carbocycles. The summed E-state index contributed by atoms with van der Waals surface area (Å²) in [5, 5.41) is 1.96. The Bertz CT molecular complexity index is 745. The summed E-state index contributed by atoms with van der Waals surface area (Å²) in [5.41, 5.74) is 7.68. The van der Waals surface area contributed by atoms with Crippen molar-refractivity contribution in [2.24, 2.45) is 0 Å². The van der Waals surface area contributed by atoms with E-state index in [-0.39, 0.29) is 6.61 Å². The molecule has 2 N–H and O–H groups in total. The van der Waals surface area contributed by atoms with Crippen LogP contribution in [-0.2, 0) is 9.59 Å². The van der Waals surface area contributed by atoms with E-state index < -0.39 is 11.8 Å². The molecule has 24 heavy (non-hydrogen) atoms. The van der Waals surface area contributed by atoms with E-state index in [1.165, 1.54) is 6.08 Å². The van der Waals surface area contributed by atoms with Crippen molar-refractivity contribution in [3.8, 4) is 5.75 Å². The number of benzene rings is 1. The van der Waals surface area contributed by atoms with E-state index in [9.17, 15) is 9.59 Å². The number of carbonyl (C=O) groups is 2. The first-order valence-electron chi connectivity index (χ1n) is 7.47. The molecule has 0 radical (unpaired) electrons. The molecule has 126 valence electrons. The number of rotatable bonds is 5. The third-order valence-electron chi connectivity index (χ3n) is 3.37. The van der Waals surface area contributed by atoms with Crippen molar-refractivity contribution in [2.45, 2.75) is 20.8 Å². The lowest BCUT2D eigenvalue weighted by Gasteiger charge is -2.11. The molecule has 0 bridgehead atoms. The lowest BCUT2D eigenvalue weighted by Crippen LogP contribution is -2.43. The lowest BCUT2D eigenvalue weighted by atomic mass is 10.1. The van der Waals surface area contributed by atoms with Crippen LogP contribution in [0.2, 0.25) is 0 Å². The van der Waals surface area contributed by atoms with Crippen LogP contribution in [0.1, 0.15) is 21.6 Å². The topological polar surface area (TPSA) is 67.4 Å². The van der Waals surface area contributed by atoms with Gasteiger partial charge < -0.3 is 4.74 Å². The molecule has 0 spiro atoms. The van der Waals surface area contributed by atoms with E-state index in [4.69, 9.17) is 4.74 Å². The van der Waals surface area contributed by atoms with Crippen LogP contribution in [0.25, 0.3) is 6.08 Å². The van der Waals surface area contributed by atoms with Crippen LogP contribution in [-0.4, -0.2) is 18.4 Å². The van der Waals surface area contributed by atoms with Crippen molar-refractivity contribution in [1.82, 2.24) is 10.9 Å². The van der Waals surface area contributed by atoms with Gasteiger partial charge in [-0.2, -0.15) is 0 Å². The van der Waals surface area contributed by atoms with Crippen LogP contribution in [0.15, 0.2) is 35.7 Å². The van der Waals surface area contributed by atoms with Crippen molar-refractivity contribution in [1.29, 1.82) is 0 Å². The van der Waals surface area contributed by atoms with Crippen LogP contribution in [0.3, 0.4) is 0 Å². The van der Waals surface area contributed by atoms with Crippen LogP contribution in [0, 0.1) is 20.8 Å². The van der Waals surface area contributed by atoms with Gasteiger partial charge in [0.25, 0.3) is 11.8 Å². The Kier molecular flexibility index (Phi) is 6.14. The summed E-state index contributed by atoms with van der Waals surface area (Å²) in [6, 6.07) is 7.74. The number of thiophene rings is 1. The molecule has 0 aliphatic heterocycles. The zero-order valence-electron chi connectivity index (χ0n) is 13.9. The minimum atomic E-state index is -0.424. The van der Waals surface area contributed by atoms with Gasteiger partial charge in [0.05, 0.1) is 0 Å². The smallest absolute Gasteiger partial charge is 0.276 e. The molecule has 2 amide bonds. The standard InChI is InChI=1S/C18H20N2O3S/c1-12-9-10-24-15(12)7-8-16(21)19-20-17(22)11-23-18-13(2)5-4-6-14(18)3/h4-10H,11H2,1-3H3,(H,19,21)(H,20,22)/b8-7+. The molecule has 0 aliphatic rings. The van der Waals surface area contributed by atoms with Crippen LogP contribution < -0.4 is 15.6 Å². The number of hydrogen-bond acceptors (Lipinski definition) is 4. The second kappa shape index (κ2) is 8.31. The maximum atomic E-state index is 11.8. The fraction of sp³-hybridized carbons (Fsp3) is 0.222. The zero-order valence-corrected chi connectivity index (χ0v) is 14.7. The van der Waals surface area contributed by atoms with E-state index in [2.05, 4.69) is 10.9 Å². The summed E-state index contributed by atoms with van der Waals surface area (Å²) in [6.45, 7) is 5.64. The summed E-state index contributed by atoms with van der Waals surface area (Å²) in [7, 11) is 0. The Balaban J connectivity index is 1.78. The molecule has 1 heterocycles. The maximum absolute atomic E-state index is 11.8. The number of hydrazine groups is 1. The highest BCUT2D eigenvalue weighted by Crippen LogP contribution is 2.22. The summed E-state index contributed by atoms with van der Waals surface area (Å²) in [6.07, 6.45) is 3.10. The van der Waals surface area contributed by atoms with E-state index >= 15 is 0 Å². The van der Waals surface area contributed by atoms with Crippen molar-refractivity contribution in [3.05, 3.63) is 57.3 Å². The van der Waals surface area contributed by atoms with E-state index in [0.29, 0.717) is 5.75 Å². The highest BCUT2D eigenvalue weighted by Gasteiger charge is 2.07. The zero-order chi connectivity index (χ0) is 17.5. The third-order valence-corrected chi connectivity index (χ3v) is 4.35. The van der Waals surface area contributed by atoms with Gasteiger partial charge in [0.2, 0.25) is 0 Å². The molecule has 6 heteroatoms. The highest BCUT2D eigenvalue weighted by molar-refractivity contribution is 7.11. The predicted octanol–water partition coefficient (Wildman–Crippen LogP) is 2.91. The molecule has 5 nitrogen and oxygen atoms in total. The van der Waals surface area contributed by atoms with E-state index in [1.54, 1.807) is 17.4 Å². The monoisotopic (exact) mass is 344 g/mol. The quantitative estimate of drug-likeness (QED) is 0.647. The fourth-order valence-corrected chi connectivity index (χ4v) is 2.90. The van der Waals surface area contributed by atoms with Gasteiger partial charge in [-0.15, -0.1) is 11.3 Å². The largest absolute Gasteiger partial charge is 0.483 e. The molecule has 2 aromatic rings. The minimum Gasteiger partial charge on any atom is -0.483 e. The highest BCUT2D eigenvalue weighted by atomic mass is 32.1. The predicted molar refractivity (Wildman–Crippen MR) is 95.8 cm³/mol. The van der Waals surface area contributed by atoms with Crippen molar-refractivity contribution in [3.63, 3.8) is 0 Å². The Morgan fingerprint density at radius 2 is 1.79 bits per heavy atom. The molecule has 0 unspecified atom stereocenters. The average molecular weight is 344 g/mol. The van der Waals surface area contributed by atoms with Crippen LogP contribution >= 0.6 is 11.3 Å². The first kappa shape index (κ1) is 17.7. The number of para-hydroxylation sites is 1. The van der Waals surface area contributed by atoms with Gasteiger partial charge in [-0.05, 0) is 55.0 Å². The molecule has 0 aliphatic carbocycles. The maximum Gasteiger partial charge on any atom is 0.276 e. The Hall–Kier alpha value is -2.60. The number of carbonyl (C=O) groups excluding carboxylic acids is 2. The number of hydrogen-bond donors (Lipinski definition) is 2. The molecule has 0 fully saturated rings. The Labute approximate surface area is 145 Å². The van der Waals surface area contributed by atoms with Gasteiger partial charge in [-0.3, -0.25) is 20.4 Å². The first-order chi connectivity index (χ1) is 11.5. The van der Waals surface area contributed by atoms with Gasteiger partial charge in [-0.25, -0.2) is 0 Å². The summed E-state index contributed by atoms with van der Waals surface area (Å²) in [5.74, 6) is -0.137. The second-order valence-electron chi connectivity index (χ2n) is 5.35. The Morgan fingerprint density at radius 3 is 2.42 bits per heavy atom. The number of amides is 2. The van der Waals surface area contributed by atoms with Crippen molar-refractivity contribution in [2.75, 3.05) is 6.61 Å². The third kappa shape index (κ3) is 4.96. The fourth-order valence-electron chi connectivity index (χ4n) is 2.08. The summed E-state index contributed by atoms with van der Waals surface area (Å²) < 4.78 is 5.52. The summed E-state index contributed by atoms with van der Waals surface area (Å²) >= 11 is 1.55. The number of aryl methyl sites for hydroxylation is 3. The minimum absolute atomic E-state index is 0.167. The molecule has 2 rings (SSSR count). The number of ether oxygens (including phenoxy) is 1. The second-order valence-corrected chi connectivity index (χ2v) is 6.30. The van der Waals surface area contributed by atoms with Crippen LogP contribution in [0.5, 0.6) is 5.75 Å². The van der Waals surface area contributed by atoms with Gasteiger partial charge in [0.15, 0.2) is 6.61 Å². The molecule has 0 saturated heterocycles. The van der Waals surface area contributed by atoms with Gasteiger partial charge in [0, 0.05) is 11.0 Å². The number of nitrogens with one attached hydrogen (secondary N) is 2. The van der Waals surface area contributed by atoms with Gasteiger partial charge in [-0.1, -0.05) is 18.2 Å². The van der Waals surface area contributed by atoms with Gasteiger partial charge in [0.1, 0.15) is 5.75 Å². The Morgan fingerprint density at radius 1 is 1.08 bits per heavy atom. The molecular formula is C18H20N2O3S. The van der Waals surface area contributed by atoms with Crippen molar-refractivity contribution < 1.29 is 14.3 Å². The first-order valence-corrected chi connectivity index (χ1v) is 8.35. The van der Waals surface area contributed by atoms with E-state index in [1.807, 2.05) is 50.4 Å². The lowest BCUT2D eigenvalue weighted by molar-refractivity contribution is -0.128. The van der Waals surface area contributed by atoms with E-state index in [0.717, 1.165) is 21.6 Å². The normalized spacial score (nSPS) is 10.6. The van der Waals surface area contributed by atoms with Gasteiger partial charge >= 0.3 is 0 Å². The van der Waals surface area contributed by atoms with Crippen molar-refractivity contribution >= 4 is 29.2 Å². The summed E-state index contributed by atoms with van der Waals surface area (Å²) in [4.78, 5) is 24.5. The molecule has 0 atom stereocenters. The molecule has 1 aromatic heterocycles. The molecular weight excluding hydrogens is 324 g/mol. The average Bonchev–Trinajstić information content (AvgIpc) is 2.95. The van der Waals surface area contributed by atoms with Crippen LogP contribution in [0.4, 0.5) is 0 Å². The SMILES string of the molecule is Cc1ccsc1/C=C/C(=O)NNC(=O)COc1c(C)cccc1C. The molecule has 0 saturated carbocycles.